The Morgan fingerprint density at radius 3 is 2.56 bits per heavy atom. The molecule has 0 saturated heterocycles. The summed E-state index contributed by atoms with van der Waals surface area (Å²) in [6.07, 6.45) is 9.85. The lowest BCUT2D eigenvalue weighted by Gasteiger charge is -2.16. The Bertz CT molecular complexity index is 341. The average molecular weight is 219 g/mol. The second kappa shape index (κ2) is 5.39. The summed E-state index contributed by atoms with van der Waals surface area (Å²) in [5.41, 5.74) is 8.12. The molecule has 0 amide bonds. The maximum absolute atomic E-state index is 5.77. The van der Waals surface area contributed by atoms with Gasteiger partial charge in [0.1, 0.15) is 5.82 Å². The Labute approximate surface area is 97.5 Å². The van der Waals surface area contributed by atoms with Gasteiger partial charge in [0.25, 0.3) is 0 Å². The van der Waals surface area contributed by atoms with E-state index in [0.29, 0.717) is 12.5 Å². The molecule has 0 aliphatic heterocycles. The van der Waals surface area contributed by atoms with Crippen molar-refractivity contribution in [1.82, 2.24) is 9.97 Å². The van der Waals surface area contributed by atoms with Gasteiger partial charge in [-0.25, -0.2) is 9.97 Å². The van der Waals surface area contributed by atoms with Crippen molar-refractivity contribution in [2.45, 2.75) is 57.9 Å². The molecule has 3 nitrogen and oxygen atoms in total. The summed E-state index contributed by atoms with van der Waals surface area (Å²) in [5.74, 6) is 1.49. The molecule has 1 aromatic rings. The zero-order valence-electron chi connectivity index (χ0n) is 10.1. The third-order valence-electron chi connectivity index (χ3n) is 3.48. The molecule has 0 spiro atoms. The van der Waals surface area contributed by atoms with Crippen LogP contribution in [-0.4, -0.2) is 9.97 Å². The minimum absolute atomic E-state index is 0.562. The zero-order valence-corrected chi connectivity index (χ0v) is 10.1. The van der Waals surface area contributed by atoms with E-state index in [9.17, 15) is 0 Å². The van der Waals surface area contributed by atoms with Gasteiger partial charge in [-0.15, -0.1) is 0 Å². The summed E-state index contributed by atoms with van der Waals surface area (Å²) >= 11 is 0. The topological polar surface area (TPSA) is 51.8 Å². The predicted octanol–water partition coefficient (Wildman–Crippen LogP) is 2.68. The summed E-state index contributed by atoms with van der Waals surface area (Å²) in [6.45, 7) is 2.52. The monoisotopic (exact) mass is 219 g/mol. The first-order chi connectivity index (χ1) is 7.81. The van der Waals surface area contributed by atoms with Crippen molar-refractivity contribution < 1.29 is 0 Å². The van der Waals surface area contributed by atoms with E-state index < -0.39 is 0 Å². The van der Waals surface area contributed by atoms with Crippen molar-refractivity contribution in [3.8, 4) is 0 Å². The molecule has 0 atom stereocenters. The summed E-state index contributed by atoms with van der Waals surface area (Å²) < 4.78 is 0. The van der Waals surface area contributed by atoms with Crippen LogP contribution in [0, 0.1) is 6.92 Å². The van der Waals surface area contributed by atoms with Crippen molar-refractivity contribution >= 4 is 0 Å². The molecule has 0 bridgehead atoms. The van der Waals surface area contributed by atoms with Crippen LogP contribution in [0.5, 0.6) is 0 Å². The van der Waals surface area contributed by atoms with Crippen LogP contribution in [0.25, 0.3) is 0 Å². The fourth-order valence-corrected chi connectivity index (χ4v) is 2.58. The van der Waals surface area contributed by atoms with E-state index in [1.54, 1.807) is 0 Å². The molecule has 2 N–H and O–H groups in total. The molecule has 1 aliphatic carbocycles. The Kier molecular flexibility index (Phi) is 3.88. The summed E-state index contributed by atoms with van der Waals surface area (Å²) in [4.78, 5) is 8.86. The van der Waals surface area contributed by atoms with Gasteiger partial charge < -0.3 is 5.73 Å². The summed E-state index contributed by atoms with van der Waals surface area (Å²) in [5, 5.41) is 0. The standard InChI is InChI=1S/C13H21N3/c1-10-15-9-12(8-14)13(16-10)11-6-4-2-3-5-7-11/h9,11H,2-8,14H2,1H3. The first-order valence-electron chi connectivity index (χ1n) is 6.33. The van der Waals surface area contributed by atoms with E-state index in [1.165, 1.54) is 44.2 Å². The SMILES string of the molecule is Cc1ncc(CN)c(C2CCCCCC2)n1. The van der Waals surface area contributed by atoms with Crippen LogP contribution in [0.2, 0.25) is 0 Å². The number of rotatable bonds is 2. The number of aryl methyl sites for hydroxylation is 1. The molecule has 0 aromatic carbocycles. The molecule has 1 saturated carbocycles. The van der Waals surface area contributed by atoms with Crippen LogP contribution >= 0.6 is 0 Å². The third kappa shape index (κ3) is 2.59. The molecule has 88 valence electrons. The molecule has 1 aliphatic rings. The lowest BCUT2D eigenvalue weighted by Crippen LogP contribution is -2.10. The van der Waals surface area contributed by atoms with Crippen LogP contribution < -0.4 is 5.73 Å². The molecular weight excluding hydrogens is 198 g/mol. The minimum Gasteiger partial charge on any atom is -0.326 e. The van der Waals surface area contributed by atoms with Crippen LogP contribution in [0.4, 0.5) is 0 Å². The molecule has 16 heavy (non-hydrogen) atoms. The van der Waals surface area contributed by atoms with Crippen molar-refractivity contribution in [3.05, 3.63) is 23.3 Å². The van der Waals surface area contributed by atoms with Crippen LogP contribution in [0.3, 0.4) is 0 Å². The van der Waals surface area contributed by atoms with Gasteiger partial charge in [0.15, 0.2) is 0 Å². The maximum Gasteiger partial charge on any atom is 0.125 e. The molecule has 1 fully saturated rings. The van der Waals surface area contributed by atoms with Gasteiger partial charge >= 0.3 is 0 Å². The Balaban J connectivity index is 2.25. The predicted molar refractivity (Wildman–Crippen MR) is 65.1 cm³/mol. The van der Waals surface area contributed by atoms with Gasteiger partial charge in [-0.2, -0.15) is 0 Å². The number of hydrogen-bond acceptors (Lipinski definition) is 3. The fourth-order valence-electron chi connectivity index (χ4n) is 2.58. The van der Waals surface area contributed by atoms with Gasteiger partial charge in [0.05, 0.1) is 5.69 Å². The van der Waals surface area contributed by atoms with Gasteiger partial charge in [0.2, 0.25) is 0 Å². The van der Waals surface area contributed by atoms with Crippen LogP contribution in [-0.2, 0) is 6.54 Å². The molecular formula is C13H21N3. The highest BCUT2D eigenvalue weighted by atomic mass is 14.9. The normalized spacial score (nSPS) is 18.4. The molecule has 1 heterocycles. The van der Waals surface area contributed by atoms with E-state index in [0.717, 1.165) is 11.4 Å². The van der Waals surface area contributed by atoms with E-state index in [2.05, 4.69) is 9.97 Å². The fraction of sp³-hybridized carbons (Fsp3) is 0.692. The Hall–Kier alpha value is -0.960. The van der Waals surface area contributed by atoms with E-state index in [4.69, 9.17) is 5.73 Å². The van der Waals surface area contributed by atoms with E-state index in [1.807, 2.05) is 13.1 Å². The van der Waals surface area contributed by atoms with Crippen molar-refractivity contribution in [2.24, 2.45) is 5.73 Å². The highest BCUT2D eigenvalue weighted by Crippen LogP contribution is 2.31. The van der Waals surface area contributed by atoms with Crippen molar-refractivity contribution in [2.75, 3.05) is 0 Å². The lowest BCUT2D eigenvalue weighted by molar-refractivity contribution is 0.567. The van der Waals surface area contributed by atoms with E-state index in [-0.39, 0.29) is 0 Å². The third-order valence-corrected chi connectivity index (χ3v) is 3.48. The smallest absolute Gasteiger partial charge is 0.125 e. The Morgan fingerprint density at radius 1 is 1.25 bits per heavy atom. The first kappa shape index (κ1) is 11.5. The molecule has 1 aromatic heterocycles. The minimum atomic E-state index is 0.562. The molecule has 2 rings (SSSR count). The largest absolute Gasteiger partial charge is 0.326 e. The Morgan fingerprint density at radius 2 is 1.94 bits per heavy atom. The van der Waals surface area contributed by atoms with E-state index >= 15 is 0 Å². The van der Waals surface area contributed by atoms with Gasteiger partial charge in [0, 0.05) is 24.2 Å². The van der Waals surface area contributed by atoms with Crippen LogP contribution in [0.15, 0.2) is 6.20 Å². The lowest BCUT2D eigenvalue weighted by atomic mass is 9.93. The average Bonchev–Trinajstić information content (AvgIpc) is 2.57. The molecule has 3 heteroatoms. The number of aromatic nitrogens is 2. The van der Waals surface area contributed by atoms with Gasteiger partial charge in [-0.3, -0.25) is 0 Å². The number of hydrogen-bond donors (Lipinski definition) is 1. The second-order valence-corrected chi connectivity index (χ2v) is 4.72. The highest BCUT2D eigenvalue weighted by Gasteiger charge is 2.18. The number of nitrogens with two attached hydrogens (primary N) is 1. The second-order valence-electron chi connectivity index (χ2n) is 4.72. The maximum atomic E-state index is 5.77. The quantitative estimate of drug-likeness (QED) is 0.778. The first-order valence-corrected chi connectivity index (χ1v) is 6.33. The molecule has 0 radical (unpaired) electrons. The van der Waals surface area contributed by atoms with Crippen molar-refractivity contribution in [1.29, 1.82) is 0 Å². The zero-order chi connectivity index (χ0) is 11.4. The summed E-state index contributed by atoms with van der Waals surface area (Å²) in [6, 6.07) is 0. The van der Waals surface area contributed by atoms with Crippen molar-refractivity contribution in [3.63, 3.8) is 0 Å². The van der Waals surface area contributed by atoms with Gasteiger partial charge in [-0.1, -0.05) is 25.7 Å². The molecule has 0 unspecified atom stereocenters. The summed E-state index contributed by atoms with van der Waals surface area (Å²) in [7, 11) is 0. The van der Waals surface area contributed by atoms with Crippen LogP contribution in [0.1, 0.15) is 61.5 Å². The number of nitrogens with zero attached hydrogens (tertiary/aromatic N) is 2. The highest BCUT2D eigenvalue weighted by molar-refractivity contribution is 5.21. The van der Waals surface area contributed by atoms with Gasteiger partial charge in [-0.05, 0) is 19.8 Å².